The maximum Gasteiger partial charge on any atom is 0.0928 e. The molecule has 1 aliphatic carbocycles. The summed E-state index contributed by atoms with van der Waals surface area (Å²) in [5.41, 5.74) is 5.93. The zero-order chi connectivity index (χ0) is 11.1. The molecule has 0 heterocycles. The summed E-state index contributed by atoms with van der Waals surface area (Å²) in [7, 11) is 3.42. The minimum atomic E-state index is 0.146. The Kier molecular flexibility index (Phi) is 6.17. The van der Waals surface area contributed by atoms with Gasteiger partial charge in [0.1, 0.15) is 0 Å². The summed E-state index contributed by atoms with van der Waals surface area (Å²) in [6.07, 6.45) is 4.87. The molecule has 1 aliphatic rings. The Morgan fingerprint density at radius 3 is 2.80 bits per heavy atom. The molecule has 0 amide bonds. The normalized spacial score (nSPS) is 29.0. The predicted octanol–water partition coefficient (Wildman–Crippen LogP) is 0.507. The van der Waals surface area contributed by atoms with E-state index >= 15 is 0 Å². The third-order valence-electron chi connectivity index (χ3n) is 3.03. The maximum atomic E-state index is 5.93. The molecule has 90 valence electrons. The van der Waals surface area contributed by atoms with E-state index in [1.54, 1.807) is 14.2 Å². The van der Waals surface area contributed by atoms with Crippen LogP contribution in [0.1, 0.15) is 25.7 Å². The molecule has 0 aromatic rings. The highest BCUT2D eigenvalue weighted by atomic mass is 16.5. The lowest BCUT2D eigenvalue weighted by molar-refractivity contribution is 0.0265. The molecule has 1 saturated carbocycles. The van der Waals surface area contributed by atoms with Crippen molar-refractivity contribution < 1.29 is 9.47 Å². The van der Waals surface area contributed by atoms with Crippen LogP contribution in [0.25, 0.3) is 0 Å². The summed E-state index contributed by atoms with van der Waals surface area (Å²) in [6.45, 7) is 1.49. The molecule has 4 heteroatoms. The van der Waals surface area contributed by atoms with E-state index in [-0.39, 0.29) is 6.10 Å². The van der Waals surface area contributed by atoms with E-state index in [1.807, 2.05) is 0 Å². The Labute approximate surface area is 92.5 Å². The Bertz CT molecular complexity index is 167. The Hall–Kier alpha value is -0.160. The Balaban J connectivity index is 2.16. The van der Waals surface area contributed by atoms with Crippen LogP contribution in [0.2, 0.25) is 0 Å². The van der Waals surface area contributed by atoms with Crippen LogP contribution in [0.3, 0.4) is 0 Å². The molecule has 0 aliphatic heterocycles. The second kappa shape index (κ2) is 7.17. The lowest BCUT2D eigenvalue weighted by Crippen LogP contribution is -2.43. The summed E-state index contributed by atoms with van der Waals surface area (Å²) in [5, 5.41) is 3.50. The van der Waals surface area contributed by atoms with Gasteiger partial charge in [0, 0.05) is 32.8 Å². The maximum absolute atomic E-state index is 5.93. The average Bonchev–Trinajstić information content (AvgIpc) is 2.24. The molecular weight excluding hydrogens is 192 g/mol. The zero-order valence-electron chi connectivity index (χ0n) is 9.87. The van der Waals surface area contributed by atoms with Gasteiger partial charge >= 0.3 is 0 Å². The first-order chi connectivity index (χ1) is 7.26. The fraction of sp³-hybridized carbons (Fsp3) is 1.00. The number of nitrogens with two attached hydrogens (primary N) is 1. The van der Waals surface area contributed by atoms with Crippen molar-refractivity contribution in [2.75, 3.05) is 27.4 Å². The van der Waals surface area contributed by atoms with Crippen molar-refractivity contribution in [1.82, 2.24) is 5.32 Å². The standard InChI is InChI=1S/C11H24N2O2/c1-14-8-11(15-2)7-13-10-5-3-4-9(12)6-10/h9-11,13H,3-8,12H2,1-2H3. The summed E-state index contributed by atoms with van der Waals surface area (Å²) in [4.78, 5) is 0. The van der Waals surface area contributed by atoms with E-state index in [9.17, 15) is 0 Å². The molecule has 0 spiro atoms. The summed E-state index contributed by atoms with van der Waals surface area (Å²) in [5.74, 6) is 0. The van der Waals surface area contributed by atoms with E-state index in [4.69, 9.17) is 15.2 Å². The lowest BCUT2D eigenvalue weighted by Gasteiger charge is -2.28. The molecule has 0 aromatic carbocycles. The summed E-state index contributed by atoms with van der Waals surface area (Å²) < 4.78 is 10.4. The van der Waals surface area contributed by atoms with Crippen LogP contribution in [-0.2, 0) is 9.47 Å². The minimum Gasteiger partial charge on any atom is -0.382 e. The number of ether oxygens (including phenoxy) is 2. The second-order valence-corrected chi connectivity index (χ2v) is 4.34. The van der Waals surface area contributed by atoms with Crippen molar-refractivity contribution in [3.8, 4) is 0 Å². The van der Waals surface area contributed by atoms with Gasteiger partial charge in [-0.25, -0.2) is 0 Å². The SMILES string of the molecule is COCC(CNC1CCCC(N)C1)OC. The first kappa shape index (κ1) is 12.9. The molecule has 15 heavy (non-hydrogen) atoms. The van der Waals surface area contributed by atoms with Crippen molar-refractivity contribution in [2.24, 2.45) is 5.73 Å². The summed E-state index contributed by atoms with van der Waals surface area (Å²) in [6, 6.07) is 0.933. The van der Waals surface area contributed by atoms with Crippen molar-refractivity contribution in [2.45, 2.75) is 43.9 Å². The largest absolute Gasteiger partial charge is 0.382 e. The second-order valence-electron chi connectivity index (χ2n) is 4.34. The van der Waals surface area contributed by atoms with E-state index < -0.39 is 0 Å². The van der Waals surface area contributed by atoms with Gasteiger partial charge in [-0.15, -0.1) is 0 Å². The highest BCUT2D eigenvalue weighted by molar-refractivity contribution is 4.80. The van der Waals surface area contributed by atoms with Crippen molar-refractivity contribution in [3.63, 3.8) is 0 Å². The van der Waals surface area contributed by atoms with Gasteiger partial charge in [0.2, 0.25) is 0 Å². The van der Waals surface area contributed by atoms with E-state index in [2.05, 4.69) is 5.32 Å². The fourth-order valence-corrected chi connectivity index (χ4v) is 2.11. The van der Waals surface area contributed by atoms with Crippen LogP contribution in [0, 0.1) is 0 Å². The van der Waals surface area contributed by atoms with E-state index in [0.717, 1.165) is 13.0 Å². The van der Waals surface area contributed by atoms with Gasteiger partial charge in [0.05, 0.1) is 12.7 Å². The fourth-order valence-electron chi connectivity index (χ4n) is 2.11. The molecule has 0 saturated heterocycles. The molecule has 0 aromatic heterocycles. The lowest BCUT2D eigenvalue weighted by atomic mass is 9.91. The van der Waals surface area contributed by atoms with Crippen molar-refractivity contribution in [1.29, 1.82) is 0 Å². The molecule has 0 radical (unpaired) electrons. The predicted molar refractivity (Wildman–Crippen MR) is 60.9 cm³/mol. The number of hydrogen-bond donors (Lipinski definition) is 2. The quantitative estimate of drug-likeness (QED) is 0.679. The highest BCUT2D eigenvalue weighted by Gasteiger charge is 2.19. The van der Waals surface area contributed by atoms with Crippen LogP contribution in [0.5, 0.6) is 0 Å². The van der Waals surface area contributed by atoms with Gasteiger partial charge in [0.25, 0.3) is 0 Å². The summed E-state index contributed by atoms with van der Waals surface area (Å²) >= 11 is 0. The van der Waals surface area contributed by atoms with Crippen LogP contribution in [0.4, 0.5) is 0 Å². The van der Waals surface area contributed by atoms with Gasteiger partial charge in [-0.1, -0.05) is 6.42 Å². The van der Waals surface area contributed by atoms with Crippen LogP contribution in [0.15, 0.2) is 0 Å². The number of methoxy groups -OCH3 is 2. The van der Waals surface area contributed by atoms with Gasteiger partial charge in [0.15, 0.2) is 0 Å². The Morgan fingerprint density at radius 2 is 2.20 bits per heavy atom. The number of hydrogen-bond acceptors (Lipinski definition) is 4. The van der Waals surface area contributed by atoms with Crippen molar-refractivity contribution in [3.05, 3.63) is 0 Å². The van der Waals surface area contributed by atoms with Crippen LogP contribution < -0.4 is 11.1 Å². The third kappa shape index (κ3) is 4.93. The Morgan fingerprint density at radius 1 is 1.40 bits per heavy atom. The van der Waals surface area contributed by atoms with Crippen LogP contribution in [-0.4, -0.2) is 45.6 Å². The smallest absolute Gasteiger partial charge is 0.0928 e. The van der Waals surface area contributed by atoms with Gasteiger partial charge in [-0.3, -0.25) is 0 Å². The molecule has 4 nitrogen and oxygen atoms in total. The molecule has 0 bridgehead atoms. The molecule has 3 N–H and O–H groups in total. The average molecular weight is 216 g/mol. The first-order valence-corrected chi connectivity index (χ1v) is 5.77. The monoisotopic (exact) mass is 216 g/mol. The molecule has 3 unspecified atom stereocenters. The van der Waals surface area contributed by atoms with Gasteiger partial charge < -0.3 is 20.5 Å². The van der Waals surface area contributed by atoms with Crippen LogP contribution >= 0.6 is 0 Å². The minimum absolute atomic E-state index is 0.146. The first-order valence-electron chi connectivity index (χ1n) is 5.77. The van der Waals surface area contributed by atoms with Crippen molar-refractivity contribution >= 4 is 0 Å². The number of nitrogens with one attached hydrogen (secondary N) is 1. The van der Waals surface area contributed by atoms with Gasteiger partial charge in [-0.2, -0.15) is 0 Å². The topological polar surface area (TPSA) is 56.5 Å². The third-order valence-corrected chi connectivity index (χ3v) is 3.03. The molecule has 1 fully saturated rings. The van der Waals surface area contributed by atoms with E-state index in [0.29, 0.717) is 18.7 Å². The zero-order valence-corrected chi connectivity index (χ0v) is 9.87. The highest BCUT2D eigenvalue weighted by Crippen LogP contribution is 2.16. The molecule has 1 rings (SSSR count). The van der Waals surface area contributed by atoms with Gasteiger partial charge in [-0.05, 0) is 19.3 Å². The number of rotatable bonds is 6. The van der Waals surface area contributed by atoms with E-state index in [1.165, 1.54) is 19.3 Å². The molecular formula is C11H24N2O2. The molecule has 3 atom stereocenters.